The molecule has 162 valence electrons. The second-order valence-electron chi connectivity index (χ2n) is 8.62. The molecule has 0 bridgehead atoms. The number of hydrogen-bond acceptors (Lipinski definition) is 3. The number of hydrogen-bond donors (Lipinski definition) is 2. The third-order valence-corrected chi connectivity index (χ3v) is 6.61. The molecule has 6 nitrogen and oxygen atoms in total. The molecule has 2 fully saturated rings. The number of amides is 4. The fourth-order valence-corrected chi connectivity index (χ4v) is 4.68. The standard InChI is InChI=1S/C25H29N3O3/c1-2-18-12-14-25(15-13-18)23(30)28(24(31)27-25)17-22(29)26-21-11-7-6-10-20(21)16-19-8-4-3-5-9-19/h3-11,18H,2,12-17H2,1H3,(H,26,29)(H,27,31). The molecule has 2 aromatic rings. The van der Waals surface area contributed by atoms with Crippen LogP contribution in [0.3, 0.4) is 0 Å². The van der Waals surface area contributed by atoms with Crippen molar-refractivity contribution in [3.63, 3.8) is 0 Å². The van der Waals surface area contributed by atoms with E-state index < -0.39 is 11.6 Å². The number of benzene rings is 2. The third-order valence-electron chi connectivity index (χ3n) is 6.61. The first-order valence-electron chi connectivity index (χ1n) is 11.1. The van der Waals surface area contributed by atoms with Gasteiger partial charge in [0.15, 0.2) is 0 Å². The van der Waals surface area contributed by atoms with E-state index >= 15 is 0 Å². The molecule has 0 atom stereocenters. The van der Waals surface area contributed by atoms with Crippen LogP contribution in [-0.2, 0) is 16.0 Å². The van der Waals surface area contributed by atoms with Gasteiger partial charge in [-0.05, 0) is 55.2 Å². The van der Waals surface area contributed by atoms with Crippen LogP contribution in [0.5, 0.6) is 0 Å². The van der Waals surface area contributed by atoms with E-state index in [2.05, 4.69) is 17.6 Å². The summed E-state index contributed by atoms with van der Waals surface area (Å²) in [6.45, 7) is 1.88. The molecule has 0 aromatic heterocycles. The van der Waals surface area contributed by atoms with Crippen molar-refractivity contribution in [3.8, 4) is 0 Å². The molecule has 2 aromatic carbocycles. The van der Waals surface area contributed by atoms with Crippen molar-refractivity contribution >= 4 is 23.5 Å². The Kier molecular flexibility index (Phi) is 6.07. The minimum absolute atomic E-state index is 0.264. The minimum atomic E-state index is -0.825. The maximum Gasteiger partial charge on any atom is 0.325 e. The van der Waals surface area contributed by atoms with Crippen molar-refractivity contribution in [2.45, 2.75) is 51.0 Å². The van der Waals surface area contributed by atoms with Gasteiger partial charge in [0.05, 0.1) is 0 Å². The van der Waals surface area contributed by atoms with Gasteiger partial charge in [-0.3, -0.25) is 14.5 Å². The summed E-state index contributed by atoms with van der Waals surface area (Å²) >= 11 is 0. The molecule has 0 radical (unpaired) electrons. The second kappa shape index (κ2) is 8.92. The number of carbonyl (C=O) groups is 3. The van der Waals surface area contributed by atoms with Gasteiger partial charge in [-0.1, -0.05) is 61.9 Å². The van der Waals surface area contributed by atoms with Crippen LogP contribution in [0.25, 0.3) is 0 Å². The first kappa shape index (κ1) is 21.1. The molecule has 1 saturated carbocycles. The number of urea groups is 1. The Labute approximate surface area is 183 Å². The molecule has 1 spiro atoms. The largest absolute Gasteiger partial charge is 0.325 e. The highest BCUT2D eigenvalue weighted by molar-refractivity contribution is 6.10. The lowest BCUT2D eigenvalue weighted by Gasteiger charge is -2.34. The molecule has 4 rings (SSSR count). The van der Waals surface area contributed by atoms with Crippen LogP contribution in [0.2, 0.25) is 0 Å². The van der Waals surface area contributed by atoms with Gasteiger partial charge in [-0.2, -0.15) is 0 Å². The lowest BCUT2D eigenvalue weighted by atomic mass is 9.75. The Hall–Kier alpha value is -3.15. The SMILES string of the molecule is CCC1CCC2(CC1)NC(=O)N(CC(=O)Nc1ccccc1Cc1ccccc1)C2=O. The maximum atomic E-state index is 13.0. The average Bonchev–Trinajstić information content (AvgIpc) is 3.00. The van der Waals surface area contributed by atoms with Crippen molar-refractivity contribution in [1.29, 1.82) is 0 Å². The zero-order chi connectivity index (χ0) is 21.8. The summed E-state index contributed by atoms with van der Waals surface area (Å²) in [7, 11) is 0. The number of carbonyl (C=O) groups excluding carboxylic acids is 3. The predicted molar refractivity (Wildman–Crippen MR) is 120 cm³/mol. The van der Waals surface area contributed by atoms with Crippen molar-refractivity contribution < 1.29 is 14.4 Å². The van der Waals surface area contributed by atoms with E-state index in [1.807, 2.05) is 54.6 Å². The van der Waals surface area contributed by atoms with Gasteiger partial charge in [0.2, 0.25) is 5.91 Å². The topological polar surface area (TPSA) is 78.5 Å². The van der Waals surface area contributed by atoms with Crippen LogP contribution >= 0.6 is 0 Å². The fourth-order valence-electron chi connectivity index (χ4n) is 4.68. The number of nitrogens with zero attached hydrogens (tertiary/aromatic N) is 1. The molecule has 2 aliphatic rings. The fraction of sp³-hybridized carbons (Fsp3) is 0.400. The molecule has 1 aliphatic carbocycles. The monoisotopic (exact) mass is 419 g/mol. The van der Waals surface area contributed by atoms with Crippen molar-refractivity contribution in [2.75, 3.05) is 11.9 Å². The van der Waals surface area contributed by atoms with Crippen LogP contribution < -0.4 is 10.6 Å². The highest BCUT2D eigenvalue weighted by atomic mass is 16.2. The van der Waals surface area contributed by atoms with Gasteiger partial charge < -0.3 is 10.6 Å². The molecule has 1 aliphatic heterocycles. The quantitative estimate of drug-likeness (QED) is 0.692. The Morgan fingerprint density at radius 3 is 2.45 bits per heavy atom. The Morgan fingerprint density at radius 1 is 1.06 bits per heavy atom. The summed E-state index contributed by atoms with van der Waals surface area (Å²) in [5.74, 6) is -0.0307. The Morgan fingerprint density at radius 2 is 1.74 bits per heavy atom. The van der Waals surface area contributed by atoms with E-state index in [9.17, 15) is 14.4 Å². The molecule has 0 unspecified atom stereocenters. The lowest BCUT2D eigenvalue weighted by molar-refractivity contribution is -0.135. The first-order chi connectivity index (χ1) is 15.0. The number of anilines is 1. The average molecular weight is 420 g/mol. The number of para-hydroxylation sites is 1. The molecule has 4 amide bonds. The molecule has 2 N–H and O–H groups in total. The number of imide groups is 1. The van der Waals surface area contributed by atoms with Crippen LogP contribution in [0.4, 0.5) is 10.5 Å². The van der Waals surface area contributed by atoms with Crippen LogP contribution in [0, 0.1) is 5.92 Å². The van der Waals surface area contributed by atoms with E-state index in [1.165, 1.54) is 0 Å². The van der Waals surface area contributed by atoms with Crippen LogP contribution in [-0.4, -0.2) is 34.8 Å². The molecule has 31 heavy (non-hydrogen) atoms. The minimum Gasteiger partial charge on any atom is -0.324 e. The van der Waals surface area contributed by atoms with E-state index in [1.54, 1.807) is 0 Å². The maximum absolute atomic E-state index is 13.0. The summed E-state index contributed by atoms with van der Waals surface area (Å²) in [5, 5.41) is 5.78. The van der Waals surface area contributed by atoms with E-state index in [0.29, 0.717) is 30.9 Å². The summed E-state index contributed by atoms with van der Waals surface area (Å²) < 4.78 is 0. The second-order valence-corrected chi connectivity index (χ2v) is 8.62. The van der Waals surface area contributed by atoms with Gasteiger partial charge in [0, 0.05) is 5.69 Å². The normalized spacial score (nSPS) is 23.1. The smallest absolute Gasteiger partial charge is 0.324 e. The number of rotatable bonds is 6. The van der Waals surface area contributed by atoms with Gasteiger partial charge in [0.25, 0.3) is 5.91 Å². The molecule has 6 heteroatoms. The van der Waals surface area contributed by atoms with Gasteiger partial charge in [-0.15, -0.1) is 0 Å². The van der Waals surface area contributed by atoms with Crippen LogP contribution in [0.15, 0.2) is 54.6 Å². The van der Waals surface area contributed by atoms with Gasteiger partial charge in [-0.25, -0.2) is 4.79 Å². The first-order valence-corrected chi connectivity index (χ1v) is 11.1. The highest BCUT2D eigenvalue weighted by Crippen LogP contribution is 2.37. The lowest BCUT2D eigenvalue weighted by Crippen LogP contribution is -2.49. The highest BCUT2D eigenvalue weighted by Gasteiger charge is 2.52. The summed E-state index contributed by atoms with van der Waals surface area (Å²) in [6, 6.07) is 17.2. The molecule has 1 saturated heterocycles. The number of nitrogens with one attached hydrogen (secondary N) is 2. The van der Waals surface area contributed by atoms with E-state index in [0.717, 1.165) is 35.3 Å². The summed E-state index contributed by atoms with van der Waals surface area (Å²) in [5.41, 5.74) is 1.99. The molecular formula is C25H29N3O3. The van der Waals surface area contributed by atoms with Gasteiger partial charge >= 0.3 is 6.03 Å². The zero-order valence-electron chi connectivity index (χ0n) is 17.9. The van der Waals surface area contributed by atoms with Crippen molar-refractivity contribution in [2.24, 2.45) is 5.92 Å². The Balaban J connectivity index is 1.42. The van der Waals surface area contributed by atoms with Gasteiger partial charge in [0.1, 0.15) is 12.1 Å². The summed E-state index contributed by atoms with van der Waals surface area (Å²) in [6.07, 6.45) is 4.92. The van der Waals surface area contributed by atoms with Crippen molar-refractivity contribution in [1.82, 2.24) is 10.2 Å². The predicted octanol–water partition coefficient (Wildman–Crippen LogP) is 4.11. The van der Waals surface area contributed by atoms with E-state index in [4.69, 9.17) is 0 Å². The van der Waals surface area contributed by atoms with E-state index in [-0.39, 0.29) is 18.4 Å². The zero-order valence-corrected chi connectivity index (χ0v) is 17.9. The molecular weight excluding hydrogens is 390 g/mol. The van der Waals surface area contributed by atoms with Crippen LogP contribution in [0.1, 0.15) is 50.2 Å². The van der Waals surface area contributed by atoms with Crippen molar-refractivity contribution in [3.05, 3.63) is 65.7 Å². The summed E-state index contributed by atoms with van der Waals surface area (Å²) in [4.78, 5) is 39.4. The Bertz CT molecular complexity index is 965. The third kappa shape index (κ3) is 4.48. The molecule has 1 heterocycles.